The number of nitrogens with zero attached hydrogens (tertiary/aromatic N) is 2. The molecule has 3 heterocycles. The fourth-order valence-electron chi connectivity index (χ4n) is 3.39. The maximum absolute atomic E-state index is 14.8. The van der Waals surface area contributed by atoms with E-state index in [1.54, 1.807) is 32.0 Å². The minimum absolute atomic E-state index is 0.0130. The molecule has 2 atom stereocenters. The lowest BCUT2D eigenvalue weighted by Gasteiger charge is -2.27. The van der Waals surface area contributed by atoms with Gasteiger partial charge in [-0.1, -0.05) is 18.2 Å². The Morgan fingerprint density at radius 3 is 2.63 bits per heavy atom. The number of alkyl halides is 1. The molecule has 9 heteroatoms. The highest BCUT2D eigenvalue weighted by Gasteiger charge is 2.22. The van der Waals surface area contributed by atoms with E-state index in [4.69, 9.17) is 4.74 Å². The van der Waals surface area contributed by atoms with Crippen molar-refractivity contribution in [3.8, 4) is 5.75 Å². The van der Waals surface area contributed by atoms with Crippen LogP contribution in [0.3, 0.4) is 0 Å². The predicted molar refractivity (Wildman–Crippen MR) is 110 cm³/mol. The van der Waals surface area contributed by atoms with Gasteiger partial charge in [0.1, 0.15) is 35.4 Å². The third-order valence-corrected chi connectivity index (χ3v) is 5.13. The average Bonchev–Trinajstić information content (AvgIpc) is 2.64. The largest absolute Gasteiger partial charge is 0.482 e. The van der Waals surface area contributed by atoms with Crippen molar-refractivity contribution in [2.75, 3.05) is 18.4 Å². The van der Waals surface area contributed by atoms with Crippen molar-refractivity contribution < 1.29 is 13.5 Å². The number of rotatable bonds is 6. The Balaban J connectivity index is 1.72. The second kappa shape index (κ2) is 7.98. The van der Waals surface area contributed by atoms with Crippen molar-refractivity contribution in [1.29, 1.82) is 0 Å². The Kier molecular flexibility index (Phi) is 5.38. The monoisotopic (exact) mass is 415 g/mol. The summed E-state index contributed by atoms with van der Waals surface area (Å²) < 4.78 is 34.2. The van der Waals surface area contributed by atoms with Crippen LogP contribution >= 0.6 is 0 Å². The Hall–Kier alpha value is -3.07. The summed E-state index contributed by atoms with van der Waals surface area (Å²) in [5.41, 5.74) is 0.317. The summed E-state index contributed by atoms with van der Waals surface area (Å²) in [5, 5.41) is 6.80. The first-order valence-electron chi connectivity index (χ1n) is 9.81. The normalized spacial score (nSPS) is 16.2. The molecule has 0 bridgehead atoms. The summed E-state index contributed by atoms with van der Waals surface area (Å²) in [7, 11) is 0. The molecule has 158 valence electrons. The number of halogens is 2. The van der Waals surface area contributed by atoms with E-state index in [0.29, 0.717) is 41.3 Å². The predicted octanol–water partition coefficient (Wildman–Crippen LogP) is 3.32. The lowest BCUT2D eigenvalue weighted by molar-refractivity contribution is 0.140. The standard InChI is InChI=1S/C21H23F2N5O2/c1-10(22)14-5-4-6-15(18(14)23)11(2)25-19-16-7-17(30-13-8-24-9-13)21(29)28-20(16)27-12(3)26-19/h4-7,10-11,13,24H,8-9H2,1-3H3,(H2,25,26,27,28,29)/t10?,11-/m1/s1. The molecule has 0 spiro atoms. The van der Waals surface area contributed by atoms with Crippen LogP contribution in [0.4, 0.5) is 14.6 Å². The Morgan fingerprint density at radius 2 is 1.97 bits per heavy atom. The number of aromatic amines is 1. The van der Waals surface area contributed by atoms with Crippen molar-refractivity contribution in [2.45, 2.75) is 39.1 Å². The van der Waals surface area contributed by atoms with Crippen molar-refractivity contribution in [1.82, 2.24) is 20.3 Å². The van der Waals surface area contributed by atoms with Crippen LogP contribution in [0.15, 0.2) is 29.1 Å². The van der Waals surface area contributed by atoms with Crippen LogP contribution < -0.4 is 20.9 Å². The molecule has 7 nitrogen and oxygen atoms in total. The topological polar surface area (TPSA) is 91.9 Å². The summed E-state index contributed by atoms with van der Waals surface area (Å²) in [4.78, 5) is 23.8. The molecule has 0 aliphatic carbocycles. The molecule has 0 saturated carbocycles. The number of H-pyrrole nitrogens is 1. The van der Waals surface area contributed by atoms with Gasteiger partial charge in [-0.3, -0.25) is 4.79 Å². The van der Waals surface area contributed by atoms with E-state index in [2.05, 4.69) is 25.6 Å². The van der Waals surface area contributed by atoms with E-state index in [-0.39, 0.29) is 23.0 Å². The number of benzene rings is 1. The van der Waals surface area contributed by atoms with Gasteiger partial charge in [0.05, 0.1) is 11.4 Å². The molecule has 1 fully saturated rings. The zero-order valence-corrected chi connectivity index (χ0v) is 16.9. The molecular formula is C21H23F2N5O2. The number of hydrogen-bond donors (Lipinski definition) is 3. The highest BCUT2D eigenvalue weighted by Crippen LogP contribution is 2.30. The SMILES string of the molecule is Cc1nc(N[C@H](C)c2cccc(C(C)F)c2F)c2cc(OC3CNC3)c(=O)[nH]c2n1. The maximum atomic E-state index is 14.8. The summed E-state index contributed by atoms with van der Waals surface area (Å²) in [6.45, 7) is 6.11. The van der Waals surface area contributed by atoms with Crippen molar-refractivity contribution in [3.63, 3.8) is 0 Å². The number of anilines is 1. The van der Waals surface area contributed by atoms with E-state index >= 15 is 0 Å². The van der Waals surface area contributed by atoms with Gasteiger partial charge in [0.25, 0.3) is 5.56 Å². The van der Waals surface area contributed by atoms with Crippen molar-refractivity contribution in [2.24, 2.45) is 0 Å². The van der Waals surface area contributed by atoms with E-state index < -0.39 is 18.0 Å². The molecule has 0 amide bonds. The number of hydrogen-bond acceptors (Lipinski definition) is 6. The first-order valence-corrected chi connectivity index (χ1v) is 9.81. The molecule has 0 radical (unpaired) electrons. The zero-order chi connectivity index (χ0) is 21.4. The van der Waals surface area contributed by atoms with Crippen LogP contribution in [0.1, 0.15) is 43.0 Å². The number of nitrogens with one attached hydrogen (secondary N) is 3. The molecule has 2 aromatic heterocycles. The quantitative estimate of drug-likeness (QED) is 0.572. The van der Waals surface area contributed by atoms with Gasteiger partial charge in [-0.05, 0) is 20.8 Å². The molecule has 4 rings (SSSR count). The molecular weight excluding hydrogens is 392 g/mol. The van der Waals surface area contributed by atoms with Crippen molar-refractivity contribution >= 4 is 16.9 Å². The van der Waals surface area contributed by atoms with Gasteiger partial charge in [-0.2, -0.15) is 0 Å². The minimum atomic E-state index is -1.41. The summed E-state index contributed by atoms with van der Waals surface area (Å²) in [5.74, 6) is 0.460. The Bertz CT molecular complexity index is 1140. The van der Waals surface area contributed by atoms with Gasteiger partial charge < -0.3 is 20.4 Å². The van der Waals surface area contributed by atoms with E-state index in [0.717, 1.165) is 0 Å². The highest BCUT2D eigenvalue weighted by molar-refractivity contribution is 5.87. The fraction of sp³-hybridized carbons (Fsp3) is 0.381. The lowest BCUT2D eigenvalue weighted by Crippen LogP contribution is -2.50. The number of fused-ring (bicyclic) bond motifs is 1. The fourth-order valence-corrected chi connectivity index (χ4v) is 3.39. The first-order chi connectivity index (χ1) is 14.3. The molecule has 1 aromatic carbocycles. The molecule has 1 unspecified atom stereocenters. The van der Waals surface area contributed by atoms with Gasteiger partial charge in [0.2, 0.25) is 0 Å². The van der Waals surface area contributed by atoms with E-state index in [1.165, 1.54) is 13.0 Å². The number of aromatic nitrogens is 3. The second-order valence-electron chi connectivity index (χ2n) is 7.48. The third-order valence-electron chi connectivity index (χ3n) is 5.13. The van der Waals surface area contributed by atoms with Gasteiger partial charge in [-0.25, -0.2) is 18.7 Å². The highest BCUT2D eigenvalue weighted by atomic mass is 19.1. The van der Waals surface area contributed by atoms with Gasteiger partial charge in [-0.15, -0.1) is 0 Å². The van der Waals surface area contributed by atoms with E-state index in [1.807, 2.05) is 0 Å². The maximum Gasteiger partial charge on any atom is 0.291 e. The van der Waals surface area contributed by atoms with Crippen LogP contribution in [0.5, 0.6) is 5.75 Å². The zero-order valence-electron chi connectivity index (χ0n) is 16.9. The molecule has 1 aliphatic rings. The minimum Gasteiger partial charge on any atom is -0.482 e. The van der Waals surface area contributed by atoms with Crippen LogP contribution in [0.25, 0.3) is 11.0 Å². The molecule has 1 aliphatic heterocycles. The van der Waals surface area contributed by atoms with Gasteiger partial charge in [0, 0.05) is 30.3 Å². The van der Waals surface area contributed by atoms with Crippen LogP contribution in [-0.4, -0.2) is 34.1 Å². The summed E-state index contributed by atoms with van der Waals surface area (Å²) in [6.07, 6.45) is -1.48. The molecule has 30 heavy (non-hydrogen) atoms. The summed E-state index contributed by atoms with van der Waals surface area (Å²) >= 11 is 0. The van der Waals surface area contributed by atoms with Crippen LogP contribution in [-0.2, 0) is 0 Å². The van der Waals surface area contributed by atoms with Crippen LogP contribution in [0, 0.1) is 12.7 Å². The number of ether oxygens (including phenoxy) is 1. The Labute approximate surface area is 171 Å². The smallest absolute Gasteiger partial charge is 0.291 e. The van der Waals surface area contributed by atoms with Crippen LogP contribution in [0.2, 0.25) is 0 Å². The van der Waals surface area contributed by atoms with E-state index in [9.17, 15) is 13.6 Å². The number of pyridine rings is 1. The molecule has 3 N–H and O–H groups in total. The van der Waals surface area contributed by atoms with Gasteiger partial charge >= 0.3 is 0 Å². The molecule has 3 aromatic rings. The average molecular weight is 415 g/mol. The first kappa shape index (κ1) is 20.2. The van der Waals surface area contributed by atoms with Crippen molar-refractivity contribution in [3.05, 3.63) is 57.4 Å². The van der Waals surface area contributed by atoms with Gasteiger partial charge in [0.15, 0.2) is 5.75 Å². The Morgan fingerprint density at radius 1 is 1.23 bits per heavy atom. The third kappa shape index (κ3) is 3.85. The second-order valence-corrected chi connectivity index (χ2v) is 7.48. The lowest BCUT2D eigenvalue weighted by atomic mass is 10.0. The summed E-state index contributed by atoms with van der Waals surface area (Å²) in [6, 6.07) is 5.76. The number of aryl methyl sites for hydroxylation is 1. The molecule has 1 saturated heterocycles.